The number of amides is 1. The number of aliphatic hydroxyl groups excluding tert-OH is 1. The number of hydrogen-bond donors (Lipinski definition) is 1. The average molecular weight is 547 g/mol. The van der Waals surface area contributed by atoms with Gasteiger partial charge in [0.05, 0.1) is 22.1 Å². The summed E-state index contributed by atoms with van der Waals surface area (Å²) in [4.78, 5) is 20.9. The first kappa shape index (κ1) is 25.2. The number of benzene rings is 1. The van der Waals surface area contributed by atoms with Crippen LogP contribution in [-0.2, 0) is 14.8 Å². The number of aliphatic hydroxyl groups is 1. The predicted molar refractivity (Wildman–Crippen MR) is 143 cm³/mol. The molecule has 0 unspecified atom stereocenters. The molecule has 0 atom stereocenters. The first-order valence-corrected chi connectivity index (χ1v) is 15.7. The highest BCUT2D eigenvalue weighted by atomic mass is 32.2. The van der Waals surface area contributed by atoms with Crippen LogP contribution >= 0.6 is 11.3 Å². The van der Waals surface area contributed by atoms with Gasteiger partial charge in [0.2, 0.25) is 15.9 Å². The summed E-state index contributed by atoms with van der Waals surface area (Å²) in [5.74, 6) is 0.679. The summed E-state index contributed by atoms with van der Waals surface area (Å²) in [5, 5.41) is 10.1. The Hall–Kier alpha value is -2.05. The second-order valence-electron chi connectivity index (χ2n) is 10.6. The van der Waals surface area contributed by atoms with E-state index in [0.717, 1.165) is 60.1 Å². The van der Waals surface area contributed by atoms with Gasteiger partial charge in [-0.2, -0.15) is 4.31 Å². The molecule has 1 saturated carbocycles. The number of thiazole rings is 1. The highest BCUT2D eigenvalue weighted by Crippen LogP contribution is 2.35. The van der Waals surface area contributed by atoms with Crippen LogP contribution in [0.1, 0.15) is 37.7 Å². The van der Waals surface area contributed by atoms with Crippen molar-refractivity contribution in [3.05, 3.63) is 29.8 Å². The molecule has 4 aliphatic rings. The van der Waals surface area contributed by atoms with E-state index in [0.29, 0.717) is 50.2 Å². The lowest BCUT2D eigenvalue weighted by Crippen LogP contribution is -2.52. The number of aromatic nitrogens is 1. The van der Waals surface area contributed by atoms with Crippen LogP contribution in [-0.4, -0.2) is 102 Å². The van der Waals surface area contributed by atoms with E-state index in [1.54, 1.807) is 15.6 Å². The highest BCUT2D eigenvalue weighted by molar-refractivity contribution is 7.89. The third-order valence-electron chi connectivity index (χ3n) is 7.86. The lowest BCUT2D eigenvalue weighted by Gasteiger charge is -2.36. The zero-order chi connectivity index (χ0) is 25.6. The molecule has 1 aliphatic carbocycles. The molecule has 1 aromatic carbocycles. The predicted octanol–water partition coefficient (Wildman–Crippen LogP) is 2.17. The summed E-state index contributed by atoms with van der Waals surface area (Å²) < 4.78 is 34.3. The molecule has 3 fully saturated rings. The van der Waals surface area contributed by atoms with Crippen molar-refractivity contribution in [2.45, 2.75) is 44.3 Å². The SMILES string of the molecule is O=C(C1CC1)N1CCC(Oc2nc3ccc(C4=CCN(S(=O)(=O)CCN5CC(O)C5)CC4)cc3s2)CC1. The van der Waals surface area contributed by atoms with Crippen molar-refractivity contribution in [1.82, 2.24) is 19.1 Å². The first-order valence-electron chi connectivity index (χ1n) is 13.3. The summed E-state index contributed by atoms with van der Waals surface area (Å²) in [6, 6.07) is 6.19. The second-order valence-corrected chi connectivity index (χ2v) is 13.7. The van der Waals surface area contributed by atoms with Crippen LogP contribution in [0.25, 0.3) is 15.8 Å². The molecule has 11 heteroatoms. The van der Waals surface area contributed by atoms with Crippen molar-refractivity contribution in [2.75, 3.05) is 51.6 Å². The van der Waals surface area contributed by atoms with Gasteiger partial charge in [-0.1, -0.05) is 23.5 Å². The Balaban J connectivity index is 1.04. The zero-order valence-electron chi connectivity index (χ0n) is 20.9. The fourth-order valence-electron chi connectivity index (χ4n) is 5.34. The normalized spacial score (nSPS) is 22.7. The van der Waals surface area contributed by atoms with Gasteiger partial charge in [-0.25, -0.2) is 13.4 Å². The summed E-state index contributed by atoms with van der Waals surface area (Å²) >= 11 is 1.54. The minimum Gasteiger partial charge on any atom is -0.467 e. The van der Waals surface area contributed by atoms with Crippen molar-refractivity contribution in [3.63, 3.8) is 0 Å². The van der Waals surface area contributed by atoms with Crippen LogP contribution < -0.4 is 4.74 Å². The van der Waals surface area contributed by atoms with Crippen LogP contribution in [0.5, 0.6) is 5.19 Å². The summed E-state index contributed by atoms with van der Waals surface area (Å²) in [6.45, 7) is 3.98. The molecule has 200 valence electrons. The maximum absolute atomic E-state index is 12.7. The Labute approximate surface area is 221 Å². The van der Waals surface area contributed by atoms with Crippen molar-refractivity contribution in [3.8, 4) is 5.19 Å². The van der Waals surface area contributed by atoms with Gasteiger partial charge in [-0.3, -0.25) is 9.69 Å². The van der Waals surface area contributed by atoms with Crippen LogP contribution in [0.15, 0.2) is 24.3 Å². The molecular formula is C26H34N4O5S2. The number of hydrogen-bond acceptors (Lipinski definition) is 8. The van der Waals surface area contributed by atoms with Gasteiger partial charge in [0.25, 0.3) is 5.19 Å². The molecular weight excluding hydrogens is 512 g/mol. The minimum absolute atomic E-state index is 0.0865. The third-order valence-corrected chi connectivity index (χ3v) is 10.6. The average Bonchev–Trinajstić information content (AvgIpc) is 3.66. The van der Waals surface area contributed by atoms with E-state index < -0.39 is 10.0 Å². The number of nitrogens with zero attached hydrogens (tertiary/aromatic N) is 4. The van der Waals surface area contributed by atoms with E-state index in [9.17, 15) is 18.3 Å². The molecule has 37 heavy (non-hydrogen) atoms. The molecule has 1 amide bonds. The van der Waals surface area contributed by atoms with E-state index in [4.69, 9.17) is 4.74 Å². The third kappa shape index (κ3) is 5.70. The molecule has 9 nitrogen and oxygen atoms in total. The lowest BCUT2D eigenvalue weighted by molar-refractivity contribution is -0.134. The molecule has 1 N–H and O–H groups in total. The number of sulfonamides is 1. The number of β-amino-alcohol motifs (C(OH)–C–C–N with tert-alkyl or cyclic N) is 1. The fraction of sp³-hybridized carbons (Fsp3) is 0.615. The van der Waals surface area contributed by atoms with Gasteiger partial charge in [-0.15, -0.1) is 0 Å². The van der Waals surface area contributed by atoms with E-state index in [1.807, 2.05) is 21.9 Å². The van der Waals surface area contributed by atoms with Crippen LogP contribution in [0.4, 0.5) is 0 Å². The monoisotopic (exact) mass is 546 g/mol. The summed E-state index contributed by atoms with van der Waals surface area (Å²) in [6.07, 6.45) is 6.23. The van der Waals surface area contributed by atoms with E-state index in [2.05, 4.69) is 17.1 Å². The number of carbonyl (C=O) groups excluding carboxylic acids is 1. The van der Waals surface area contributed by atoms with E-state index in [-0.39, 0.29) is 23.9 Å². The first-order chi connectivity index (χ1) is 17.8. The minimum atomic E-state index is -3.31. The quantitative estimate of drug-likeness (QED) is 0.541. The van der Waals surface area contributed by atoms with E-state index >= 15 is 0 Å². The lowest BCUT2D eigenvalue weighted by atomic mass is 10.0. The van der Waals surface area contributed by atoms with Crippen LogP contribution in [0, 0.1) is 5.92 Å². The van der Waals surface area contributed by atoms with Crippen LogP contribution in [0.2, 0.25) is 0 Å². The molecule has 0 bridgehead atoms. The summed E-state index contributed by atoms with van der Waals surface area (Å²) in [5.41, 5.74) is 3.16. The summed E-state index contributed by atoms with van der Waals surface area (Å²) in [7, 11) is -3.31. The Kier molecular flexibility index (Phi) is 7.00. The molecule has 3 aliphatic heterocycles. The van der Waals surface area contributed by atoms with Gasteiger partial charge in [-0.05, 0) is 42.5 Å². The number of piperidine rings is 1. The number of rotatable bonds is 8. The number of likely N-dealkylation sites (tertiary alicyclic amines) is 2. The van der Waals surface area contributed by atoms with Gasteiger partial charge in [0.15, 0.2) is 0 Å². The van der Waals surface area contributed by atoms with Gasteiger partial charge in [0, 0.05) is 64.6 Å². The van der Waals surface area contributed by atoms with Gasteiger partial charge >= 0.3 is 0 Å². The highest BCUT2D eigenvalue weighted by Gasteiger charge is 2.35. The van der Waals surface area contributed by atoms with E-state index in [1.165, 1.54) is 0 Å². The number of fused-ring (bicyclic) bond motifs is 1. The molecule has 1 aromatic heterocycles. The molecule has 2 aromatic rings. The van der Waals surface area contributed by atoms with Gasteiger partial charge < -0.3 is 14.7 Å². The fourth-order valence-corrected chi connectivity index (χ4v) is 7.68. The number of carbonyl (C=O) groups is 1. The zero-order valence-corrected chi connectivity index (χ0v) is 22.6. The smallest absolute Gasteiger partial charge is 0.274 e. The number of ether oxygens (including phenoxy) is 1. The second kappa shape index (κ2) is 10.3. The van der Waals surface area contributed by atoms with Crippen molar-refractivity contribution >= 4 is 43.1 Å². The standard InChI is InChI=1S/C26H34N4O5S2/c31-21-16-28(17-21)13-14-37(33,34)30-11-5-18(6-12-30)20-3-4-23-24(15-20)36-26(27-23)35-22-7-9-29(10-8-22)25(32)19-1-2-19/h3-5,15,19,21-22,31H,1-2,6-14,16-17H2. The molecule has 0 radical (unpaired) electrons. The topological polar surface area (TPSA) is 103 Å². The Bertz CT molecular complexity index is 1290. The maximum Gasteiger partial charge on any atom is 0.274 e. The van der Waals surface area contributed by atoms with Gasteiger partial charge in [0.1, 0.15) is 6.10 Å². The Morgan fingerprint density at radius 2 is 1.92 bits per heavy atom. The van der Waals surface area contributed by atoms with Crippen molar-refractivity contribution < 1.29 is 23.1 Å². The Morgan fingerprint density at radius 1 is 1.14 bits per heavy atom. The molecule has 4 heterocycles. The Morgan fingerprint density at radius 3 is 2.59 bits per heavy atom. The van der Waals surface area contributed by atoms with Crippen molar-refractivity contribution in [2.24, 2.45) is 5.92 Å². The maximum atomic E-state index is 12.7. The largest absolute Gasteiger partial charge is 0.467 e. The molecule has 6 rings (SSSR count). The molecule has 0 spiro atoms. The van der Waals surface area contributed by atoms with Crippen LogP contribution in [0.3, 0.4) is 0 Å². The molecule has 2 saturated heterocycles. The van der Waals surface area contributed by atoms with Crippen molar-refractivity contribution in [1.29, 1.82) is 0 Å².